The van der Waals surface area contributed by atoms with Crippen molar-refractivity contribution in [2.45, 2.75) is 24.4 Å². The topological polar surface area (TPSA) is 64.3 Å². The van der Waals surface area contributed by atoms with E-state index in [1.807, 2.05) is 0 Å². The molecule has 37 heavy (non-hydrogen) atoms. The van der Waals surface area contributed by atoms with Crippen LogP contribution in [0.15, 0.2) is 71.5 Å². The standard InChI is InChI=1S/C25H17ClF6N2O3/c1-37-20-13-19-17(12-18(20)26)22(35)34(21(33-19)11-14-5-3-2-4-6-14)16-9-7-15(8-10-16)23(36,24(27,28)29)25(30,31)32/h2-10,12-13,36H,11H2,1H3. The van der Waals surface area contributed by atoms with Crippen molar-refractivity contribution in [3.05, 3.63) is 99.1 Å². The van der Waals surface area contributed by atoms with Gasteiger partial charge in [0.15, 0.2) is 0 Å². The van der Waals surface area contributed by atoms with Gasteiger partial charge in [0.25, 0.3) is 11.2 Å². The van der Waals surface area contributed by atoms with Crippen LogP contribution in [0.2, 0.25) is 5.02 Å². The van der Waals surface area contributed by atoms with Gasteiger partial charge in [0, 0.05) is 18.1 Å². The average molecular weight is 543 g/mol. The van der Waals surface area contributed by atoms with E-state index in [1.54, 1.807) is 30.3 Å². The van der Waals surface area contributed by atoms with Crippen molar-refractivity contribution in [1.29, 1.82) is 0 Å². The molecule has 0 saturated carbocycles. The van der Waals surface area contributed by atoms with Crippen molar-refractivity contribution >= 4 is 22.5 Å². The van der Waals surface area contributed by atoms with Gasteiger partial charge in [-0.15, -0.1) is 0 Å². The maximum atomic E-state index is 13.5. The number of benzene rings is 3. The van der Waals surface area contributed by atoms with Crippen molar-refractivity contribution < 1.29 is 36.2 Å². The summed E-state index contributed by atoms with van der Waals surface area (Å²) in [4.78, 5) is 18.0. The van der Waals surface area contributed by atoms with Crippen LogP contribution in [0.1, 0.15) is 17.0 Å². The monoisotopic (exact) mass is 542 g/mol. The van der Waals surface area contributed by atoms with E-state index in [-0.39, 0.29) is 39.6 Å². The molecule has 0 aliphatic rings. The Morgan fingerprint density at radius 2 is 1.54 bits per heavy atom. The minimum atomic E-state index is -6.04. The lowest BCUT2D eigenvalue weighted by molar-refractivity contribution is -0.376. The Bertz CT molecular complexity index is 1490. The molecule has 0 fully saturated rings. The zero-order valence-electron chi connectivity index (χ0n) is 18.9. The zero-order chi connectivity index (χ0) is 27.2. The largest absolute Gasteiger partial charge is 0.495 e. The first kappa shape index (κ1) is 26.5. The quantitative estimate of drug-likeness (QED) is 0.317. The van der Waals surface area contributed by atoms with E-state index in [1.165, 1.54) is 19.2 Å². The van der Waals surface area contributed by atoms with Gasteiger partial charge in [-0.25, -0.2) is 4.98 Å². The molecule has 12 heteroatoms. The van der Waals surface area contributed by atoms with Crippen LogP contribution in [-0.4, -0.2) is 34.1 Å². The number of aliphatic hydroxyl groups is 1. The fraction of sp³-hybridized carbons (Fsp3) is 0.200. The molecule has 0 saturated heterocycles. The van der Waals surface area contributed by atoms with Crippen molar-refractivity contribution in [3.8, 4) is 11.4 Å². The number of fused-ring (bicyclic) bond motifs is 1. The molecule has 5 nitrogen and oxygen atoms in total. The third-order valence-corrected chi connectivity index (χ3v) is 6.08. The third kappa shape index (κ3) is 4.64. The molecule has 194 valence electrons. The summed E-state index contributed by atoms with van der Waals surface area (Å²) in [5.74, 6) is 0.412. The second-order valence-corrected chi connectivity index (χ2v) is 8.49. The molecule has 0 bridgehead atoms. The number of ether oxygens (including phenoxy) is 1. The molecule has 0 unspecified atom stereocenters. The molecule has 0 amide bonds. The molecule has 0 aliphatic heterocycles. The van der Waals surface area contributed by atoms with Crippen LogP contribution < -0.4 is 10.3 Å². The van der Waals surface area contributed by atoms with E-state index in [9.17, 15) is 36.2 Å². The summed E-state index contributed by atoms with van der Waals surface area (Å²) < 4.78 is 86.0. The number of hydrogen-bond donors (Lipinski definition) is 1. The van der Waals surface area contributed by atoms with Crippen LogP contribution in [0, 0.1) is 0 Å². The predicted octanol–water partition coefficient (Wildman–Crippen LogP) is 5.95. The van der Waals surface area contributed by atoms with Gasteiger partial charge < -0.3 is 9.84 Å². The summed E-state index contributed by atoms with van der Waals surface area (Å²) in [6.07, 6.45) is -12.0. The second-order valence-electron chi connectivity index (χ2n) is 8.09. The summed E-state index contributed by atoms with van der Waals surface area (Å²) in [6, 6.07) is 14.3. The average Bonchev–Trinajstić information content (AvgIpc) is 2.83. The van der Waals surface area contributed by atoms with Crippen molar-refractivity contribution in [2.75, 3.05) is 7.11 Å². The second kappa shape index (κ2) is 9.38. The van der Waals surface area contributed by atoms with E-state index >= 15 is 0 Å². The molecule has 0 atom stereocenters. The summed E-state index contributed by atoms with van der Waals surface area (Å²) in [7, 11) is 1.38. The van der Waals surface area contributed by atoms with Crippen LogP contribution in [0.3, 0.4) is 0 Å². The highest BCUT2D eigenvalue weighted by Gasteiger charge is 2.71. The van der Waals surface area contributed by atoms with E-state index in [0.717, 1.165) is 22.3 Å². The molecule has 0 aliphatic carbocycles. The first-order chi connectivity index (χ1) is 17.3. The Labute approximate surface area is 210 Å². The van der Waals surface area contributed by atoms with Gasteiger partial charge in [0.2, 0.25) is 0 Å². The molecule has 1 aromatic heterocycles. The lowest BCUT2D eigenvalue weighted by Crippen LogP contribution is -2.53. The van der Waals surface area contributed by atoms with Gasteiger partial charge in [0.1, 0.15) is 11.6 Å². The Morgan fingerprint density at radius 1 is 0.946 bits per heavy atom. The summed E-state index contributed by atoms with van der Waals surface area (Å²) in [5, 5.41) is 9.84. The molecule has 4 rings (SSSR count). The Kier molecular flexibility index (Phi) is 6.72. The first-order valence-corrected chi connectivity index (χ1v) is 11.0. The number of nitrogens with zero attached hydrogens (tertiary/aromatic N) is 2. The fourth-order valence-electron chi connectivity index (χ4n) is 3.89. The highest BCUT2D eigenvalue weighted by Crippen LogP contribution is 2.50. The minimum absolute atomic E-state index is 0.0498. The van der Waals surface area contributed by atoms with Crippen LogP contribution in [0.4, 0.5) is 26.3 Å². The molecular formula is C25H17ClF6N2O3. The highest BCUT2D eigenvalue weighted by atomic mass is 35.5. The maximum absolute atomic E-state index is 13.5. The summed E-state index contributed by atoms with van der Waals surface area (Å²) >= 11 is 6.16. The molecule has 1 N–H and O–H groups in total. The number of hydrogen-bond acceptors (Lipinski definition) is 4. The molecule has 1 heterocycles. The van der Waals surface area contributed by atoms with E-state index in [2.05, 4.69) is 4.98 Å². The van der Waals surface area contributed by atoms with E-state index in [0.29, 0.717) is 12.1 Å². The molecule has 4 aromatic rings. The maximum Gasteiger partial charge on any atom is 0.430 e. The van der Waals surface area contributed by atoms with Crippen molar-refractivity contribution in [3.63, 3.8) is 0 Å². The number of rotatable bonds is 5. The van der Waals surface area contributed by atoms with E-state index < -0.39 is 29.1 Å². The van der Waals surface area contributed by atoms with Gasteiger partial charge >= 0.3 is 12.4 Å². The normalized spacial score (nSPS) is 12.7. The van der Waals surface area contributed by atoms with Crippen molar-refractivity contribution in [2.24, 2.45) is 0 Å². The van der Waals surface area contributed by atoms with Crippen LogP contribution in [0.5, 0.6) is 5.75 Å². The highest BCUT2D eigenvalue weighted by molar-refractivity contribution is 6.32. The summed E-state index contributed by atoms with van der Waals surface area (Å²) in [5.41, 5.74) is -6.29. The van der Waals surface area contributed by atoms with Gasteiger partial charge in [-0.1, -0.05) is 54.1 Å². The molecule has 0 radical (unpaired) electrons. The van der Waals surface area contributed by atoms with Gasteiger partial charge in [-0.2, -0.15) is 26.3 Å². The molecule has 3 aromatic carbocycles. The number of alkyl halides is 6. The van der Waals surface area contributed by atoms with Crippen LogP contribution >= 0.6 is 11.6 Å². The first-order valence-electron chi connectivity index (χ1n) is 10.6. The SMILES string of the molecule is COc1cc2nc(Cc3ccccc3)n(-c3ccc(C(O)(C(F)(F)F)C(F)(F)F)cc3)c(=O)c2cc1Cl. The van der Waals surface area contributed by atoms with E-state index in [4.69, 9.17) is 16.3 Å². The lowest BCUT2D eigenvalue weighted by Gasteiger charge is -2.32. The third-order valence-electron chi connectivity index (χ3n) is 5.78. The predicted molar refractivity (Wildman–Crippen MR) is 124 cm³/mol. The number of methoxy groups -OCH3 is 1. The van der Waals surface area contributed by atoms with Gasteiger partial charge in [-0.3, -0.25) is 9.36 Å². The van der Waals surface area contributed by atoms with Crippen molar-refractivity contribution in [1.82, 2.24) is 9.55 Å². The smallest absolute Gasteiger partial charge is 0.430 e. The zero-order valence-corrected chi connectivity index (χ0v) is 19.6. The fourth-order valence-corrected chi connectivity index (χ4v) is 4.13. The molecule has 0 spiro atoms. The number of halogens is 7. The molecular weight excluding hydrogens is 526 g/mol. The van der Waals surface area contributed by atoms with Gasteiger partial charge in [-0.05, 0) is 23.8 Å². The minimum Gasteiger partial charge on any atom is -0.495 e. The lowest BCUT2D eigenvalue weighted by atomic mass is 9.92. The summed E-state index contributed by atoms with van der Waals surface area (Å²) in [6.45, 7) is 0. The van der Waals surface area contributed by atoms with Crippen LogP contribution in [0.25, 0.3) is 16.6 Å². The van der Waals surface area contributed by atoms with Gasteiger partial charge in [0.05, 0.1) is 28.7 Å². The van der Waals surface area contributed by atoms with Crippen LogP contribution in [-0.2, 0) is 12.0 Å². The Balaban J connectivity index is 1.94. The number of aromatic nitrogens is 2. The Hall–Kier alpha value is -3.57. The Morgan fingerprint density at radius 3 is 2.08 bits per heavy atom.